The number of rotatable bonds is 16. The molecule has 412 valence electrons. The lowest BCUT2D eigenvalue weighted by molar-refractivity contribution is -0.204. The van der Waals surface area contributed by atoms with Crippen molar-refractivity contribution < 1.29 is 64.5 Å². The van der Waals surface area contributed by atoms with Crippen molar-refractivity contribution in [3.05, 3.63) is 131 Å². The molecule has 2 aromatic carbocycles. The molecule has 0 bridgehead atoms. The Morgan fingerprint density at radius 2 is 0.962 bits per heavy atom. The third kappa shape index (κ3) is 15.0. The molecule has 4 aromatic heterocycles. The highest BCUT2D eigenvalue weighted by atomic mass is 35.5. The summed E-state index contributed by atoms with van der Waals surface area (Å²) in [6.07, 6.45) is -12.7. The van der Waals surface area contributed by atoms with Gasteiger partial charge in [0, 0.05) is 33.6 Å². The van der Waals surface area contributed by atoms with Crippen molar-refractivity contribution >= 4 is 70.1 Å². The maximum atomic E-state index is 13.2. The monoisotopic (exact) mass is 1140 g/mol. The number of carbonyl (C=O) groups is 4. The van der Waals surface area contributed by atoms with Gasteiger partial charge in [-0.3, -0.25) is 30.2 Å². The summed E-state index contributed by atoms with van der Waals surface area (Å²) in [5.41, 5.74) is 0.652. The minimum Gasteiger partial charge on any atom is -0.382 e. The second-order valence-electron chi connectivity index (χ2n) is 17.0. The standard InChI is InChI=1S/2C23H21ClF4N8O3/c2*24-13-5-3-12(4-6-13)19(29)35(10-17(37)23(26,27)28)22(39)31-9-18-32-11-36(34-18)20-16(2-1-7-30-20)33-21(38)14-8-15(14)25/h2*1-7,11,14-15,17,29,37H,8-10H2,(H,31,39)(H,33,38)/t14-,15+,17+;14-,15+,17-/m10/s1. The van der Waals surface area contributed by atoms with Crippen molar-refractivity contribution in [3.8, 4) is 11.6 Å². The first kappa shape index (κ1) is 57.5. The van der Waals surface area contributed by atoms with Crippen LogP contribution in [0.15, 0.2) is 97.8 Å². The lowest BCUT2D eigenvalue weighted by atomic mass is 10.2. The Labute approximate surface area is 444 Å². The van der Waals surface area contributed by atoms with E-state index in [0.29, 0.717) is 19.8 Å². The Bertz CT molecular complexity index is 2940. The van der Waals surface area contributed by atoms with E-state index in [1.807, 2.05) is 0 Å². The Balaban J connectivity index is 0.000000226. The fourth-order valence-electron chi connectivity index (χ4n) is 6.77. The molecule has 4 heterocycles. The average Bonchev–Trinajstić information content (AvgIpc) is 4.19. The number of hydrogen-bond donors (Lipinski definition) is 8. The van der Waals surface area contributed by atoms with Crippen LogP contribution in [0, 0.1) is 22.7 Å². The van der Waals surface area contributed by atoms with Crippen molar-refractivity contribution in [2.45, 2.75) is 62.8 Å². The number of urea groups is 2. The quantitative estimate of drug-likeness (QED) is 0.0308. The number of aliphatic hydroxyl groups excluding tert-OH is 2. The van der Waals surface area contributed by atoms with Gasteiger partial charge >= 0.3 is 24.4 Å². The van der Waals surface area contributed by atoms with Crippen LogP contribution < -0.4 is 21.3 Å². The predicted octanol–water partition coefficient (Wildman–Crippen LogP) is 6.15. The fourth-order valence-corrected chi connectivity index (χ4v) is 7.02. The summed E-state index contributed by atoms with van der Waals surface area (Å²) < 4.78 is 107. The van der Waals surface area contributed by atoms with Crippen LogP contribution in [0.5, 0.6) is 0 Å². The number of nitrogens with zero attached hydrogens (tertiary/aromatic N) is 10. The van der Waals surface area contributed by atoms with Crippen molar-refractivity contribution in [3.63, 3.8) is 0 Å². The van der Waals surface area contributed by atoms with Gasteiger partial charge in [-0.05, 0) is 85.6 Å². The number of benzene rings is 2. The molecular weight excluding hydrogens is 1100 g/mol. The zero-order valence-corrected chi connectivity index (χ0v) is 41.2. The third-order valence-corrected chi connectivity index (χ3v) is 11.7. The van der Waals surface area contributed by atoms with Gasteiger partial charge in [-0.2, -0.15) is 26.3 Å². The molecule has 2 saturated carbocycles. The Kier molecular flexibility index (Phi) is 18.0. The number of nitrogens with one attached hydrogen (secondary N) is 6. The molecule has 2 fully saturated rings. The SMILES string of the molecule is N=C(c1ccc(Cl)cc1)N(C[C@H](O)C(F)(F)F)C(=O)NCc1ncn(-c2ncccc2NC(=O)[C@@H]2C[C@@H]2F)n1.N=C(c1ccc(Cl)cc1)N(C[C@H](O)C(F)(F)F)C(=O)NCc1ncn(-c2ncccc2NC(=O)[C@H]2C[C@H]2F)n1. The summed E-state index contributed by atoms with van der Waals surface area (Å²) >= 11 is 11.6. The van der Waals surface area contributed by atoms with Crippen molar-refractivity contribution in [1.82, 2.24) is 59.9 Å². The summed E-state index contributed by atoms with van der Waals surface area (Å²) in [4.78, 5) is 67.1. The lowest BCUT2D eigenvalue weighted by Gasteiger charge is -2.27. The molecule has 0 unspecified atom stereocenters. The number of aliphatic hydroxyl groups is 2. The second kappa shape index (κ2) is 24.4. The van der Waals surface area contributed by atoms with E-state index in [0.717, 1.165) is 0 Å². The number of halogens is 10. The number of amides is 6. The van der Waals surface area contributed by atoms with E-state index in [4.69, 9.17) is 34.0 Å². The summed E-state index contributed by atoms with van der Waals surface area (Å²) in [5, 5.41) is 54.4. The summed E-state index contributed by atoms with van der Waals surface area (Å²) in [5.74, 6) is -3.33. The number of anilines is 2. The summed E-state index contributed by atoms with van der Waals surface area (Å²) in [6.45, 7) is -3.20. The summed E-state index contributed by atoms with van der Waals surface area (Å²) in [7, 11) is 0. The fraction of sp³-hybridized carbons (Fsp3) is 0.304. The van der Waals surface area contributed by atoms with Crippen LogP contribution in [0.2, 0.25) is 10.0 Å². The van der Waals surface area contributed by atoms with Gasteiger partial charge in [-0.1, -0.05) is 23.2 Å². The van der Waals surface area contributed by atoms with E-state index in [-0.39, 0.29) is 71.7 Å². The molecule has 0 radical (unpaired) electrons. The van der Waals surface area contributed by atoms with Crippen LogP contribution >= 0.6 is 23.2 Å². The van der Waals surface area contributed by atoms with Gasteiger partial charge in [0.2, 0.25) is 11.8 Å². The molecule has 32 heteroatoms. The number of aromatic nitrogens is 8. The average molecular weight is 1140 g/mol. The molecular formula is C46H42Cl2F8N16O6. The van der Waals surface area contributed by atoms with Crippen molar-refractivity contribution in [2.24, 2.45) is 11.8 Å². The molecule has 6 amide bonds. The number of hydrogen-bond acceptors (Lipinski definition) is 14. The van der Waals surface area contributed by atoms with Crippen molar-refractivity contribution in [1.29, 1.82) is 10.8 Å². The summed E-state index contributed by atoms with van der Waals surface area (Å²) in [6, 6.07) is 14.9. The molecule has 0 aliphatic heterocycles. The number of amidine groups is 2. The first-order valence-corrected chi connectivity index (χ1v) is 23.5. The number of alkyl halides is 8. The second-order valence-corrected chi connectivity index (χ2v) is 17.9. The highest BCUT2D eigenvalue weighted by molar-refractivity contribution is 6.31. The lowest BCUT2D eigenvalue weighted by Crippen LogP contribution is -2.50. The van der Waals surface area contributed by atoms with Gasteiger partial charge in [0.15, 0.2) is 35.5 Å². The highest BCUT2D eigenvalue weighted by Crippen LogP contribution is 2.36. The highest BCUT2D eigenvalue weighted by Gasteiger charge is 2.45. The first-order valence-electron chi connectivity index (χ1n) is 22.8. The van der Waals surface area contributed by atoms with E-state index in [9.17, 15) is 64.5 Å². The van der Waals surface area contributed by atoms with Gasteiger partial charge in [0.1, 0.15) is 36.7 Å². The van der Waals surface area contributed by atoms with Crippen LogP contribution in [0.4, 0.5) is 56.1 Å². The van der Waals surface area contributed by atoms with Gasteiger partial charge in [0.25, 0.3) is 0 Å². The van der Waals surface area contributed by atoms with E-state index in [1.165, 1.54) is 95.1 Å². The molecule has 8 N–H and O–H groups in total. The van der Waals surface area contributed by atoms with E-state index >= 15 is 0 Å². The van der Waals surface area contributed by atoms with Gasteiger partial charge in [0.05, 0.1) is 49.4 Å². The van der Waals surface area contributed by atoms with E-state index in [1.54, 1.807) is 12.1 Å². The number of carbonyl (C=O) groups excluding carboxylic acids is 4. The topological polar surface area (TPSA) is 298 Å². The van der Waals surface area contributed by atoms with Crippen LogP contribution in [0.25, 0.3) is 11.6 Å². The first-order chi connectivity index (χ1) is 36.9. The van der Waals surface area contributed by atoms with E-state index in [2.05, 4.69) is 51.4 Å². The van der Waals surface area contributed by atoms with E-state index < -0.39 is 97.4 Å². The molecule has 8 rings (SSSR count). The normalized spacial score (nSPS) is 17.3. The van der Waals surface area contributed by atoms with Gasteiger partial charge < -0.3 is 31.5 Å². The zero-order valence-electron chi connectivity index (χ0n) is 39.7. The van der Waals surface area contributed by atoms with Crippen LogP contribution in [0.3, 0.4) is 0 Å². The maximum absolute atomic E-state index is 13.2. The maximum Gasteiger partial charge on any atom is 0.416 e. The molecule has 0 saturated heterocycles. The third-order valence-electron chi connectivity index (χ3n) is 11.2. The molecule has 6 aromatic rings. The smallest absolute Gasteiger partial charge is 0.382 e. The van der Waals surface area contributed by atoms with Crippen molar-refractivity contribution in [2.75, 3.05) is 23.7 Å². The molecule has 0 spiro atoms. The van der Waals surface area contributed by atoms with Gasteiger partial charge in [-0.25, -0.2) is 47.7 Å². The predicted molar refractivity (Wildman–Crippen MR) is 260 cm³/mol. The Hall–Kier alpha value is -8.22. The number of pyridine rings is 2. The largest absolute Gasteiger partial charge is 0.416 e. The molecule has 6 atom stereocenters. The Morgan fingerprint density at radius 1 is 0.615 bits per heavy atom. The zero-order chi connectivity index (χ0) is 56.6. The molecule has 78 heavy (non-hydrogen) atoms. The minimum atomic E-state index is -5.03. The Morgan fingerprint density at radius 3 is 1.28 bits per heavy atom. The molecule has 2 aliphatic rings. The molecule has 22 nitrogen and oxygen atoms in total. The van der Waals surface area contributed by atoms with Gasteiger partial charge in [-0.15, -0.1) is 10.2 Å². The van der Waals surface area contributed by atoms with Crippen LogP contribution in [-0.2, 0) is 22.7 Å². The minimum absolute atomic E-state index is 0.0200. The van der Waals surface area contributed by atoms with Crippen LogP contribution in [-0.4, -0.2) is 145 Å². The molecule has 2 aliphatic carbocycles. The van der Waals surface area contributed by atoms with Crippen LogP contribution in [0.1, 0.15) is 35.6 Å².